The summed E-state index contributed by atoms with van der Waals surface area (Å²) < 4.78 is 0. The molecule has 0 aliphatic heterocycles. The number of para-hydroxylation sites is 8. The Kier molecular flexibility index (Phi) is 206. The van der Waals surface area contributed by atoms with Gasteiger partial charge in [-0.2, -0.15) is 0 Å². The number of benzene rings is 8. The summed E-state index contributed by atoms with van der Waals surface area (Å²) in [7, 11) is 0. The second kappa shape index (κ2) is 131. The van der Waals surface area contributed by atoms with Crippen LogP contribution in [0.2, 0.25) is 0 Å². The summed E-state index contributed by atoms with van der Waals surface area (Å²) in [5, 5.41) is 114. The second-order valence-electron chi connectivity index (χ2n) is 16.8. The van der Waals surface area contributed by atoms with Gasteiger partial charge in [-0.1, -0.05) is 97.1 Å². The fourth-order valence-electron chi connectivity index (χ4n) is 6.54. The molecular weight excluding hydrogens is 3660 g/mol. The van der Waals surface area contributed by atoms with Gasteiger partial charge in [0.25, 0.3) is 0 Å². The van der Waals surface area contributed by atoms with Gasteiger partial charge in [0, 0.05) is 319 Å². The molecule has 0 aliphatic carbocycles. The molecule has 114 heavy (non-hydrogen) atoms. The Morgan fingerprint density at radius 1 is 0.184 bits per heavy atom. The molecule has 24 nitrogen and oxygen atoms in total. The Balaban J connectivity index is -0.0000000387. The summed E-state index contributed by atoms with van der Waals surface area (Å²) in [5.74, 6) is 1.73. The van der Waals surface area contributed by atoms with Crippen LogP contribution >= 0.6 is 0 Å². The zero-order valence-electron chi connectivity index (χ0n) is 58.9. The third-order valence-corrected chi connectivity index (χ3v) is 10.8. The zero-order valence-corrected chi connectivity index (χ0v) is 103. The van der Waals surface area contributed by atoms with Crippen molar-refractivity contribution in [3.8, 4) is 46.0 Å². The molecule has 0 atom stereocenters. The Morgan fingerprint density at radius 2 is 0.254 bits per heavy atom. The van der Waals surface area contributed by atoms with Crippen molar-refractivity contribution < 1.29 is 266 Å². The molecular formula is C70H76Mn6N16O8Re6Te8-8. The van der Waals surface area contributed by atoms with E-state index in [1.165, 1.54) is 0 Å². The molecule has 0 amide bonds. The maximum atomic E-state index is 9.54. The number of hydrogen-bond donors (Lipinski definition) is 8. The van der Waals surface area contributed by atoms with Gasteiger partial charge in [-0.3, -0.25) is 39.9 Å². The van der Waals surface area contributed by atoms with Gasteiger partial charge in [0.05, 0.1) is 52.4 Å². The van der Waals surface area contributed by atoms with Crippen LogP contribution in [0.15, 0.2) is 234 Å². The van der Waals surface area contributed by atoms with Gasteiger partial charge in [-0.25, -0.2) is 0 Å². The Labute approximate surface area is 949 Å². The van der Waals surface area contributed by atoms with Gasteiger partial charge in [0.1, 0.15) is 46.0 Å². The number of aliphatic imine (C=N–C) groups is 8. The molecule has 0 saturated carbocycles. The van der Waals surface area contributed by atoms with E-state index in [2.05, 4.69) is 39.9 Å². The number of nitrogens with zero attached hydrogens (tertiary/aromatic N) is 14. The predicted octanol–water partition coefficient (Wildman–Crippen LogP) is 7.34. The van der Waals surface area contributed by atoms with Crippen molar-refractivity contribution in [2.45, 2.75) is 0 Å². The molecule has 0 heterocycles. The van der Waals surface area contributed by atoms with E-state index >= 15 is 0 Å². The number of aromatic hydroxyl groups is 8. The van der Waals surface area contributed by atoms with E-state index < -0.39 is 0 Å². The molecule has 8 rings (SSSR count). The molecule has 0 spiro atoms. The van der Waals surface area contributed by atoms with E-state index in [-0.39, 0.29) is 473 Å². The molecule has 0 unspecified atom stereocenters. The Morgan fingerprint density at radius 3 is 0.325 bits per heavy atom. The van der Waals surface area contributed by atoms with Crippen LogP contribution < -0.4 is 0 Å². The van der Waals surface area contributed by atoms with Crippen LogP contribution in [0.25, 0.3) is 12.3 Å². The molecule has 44 heteroatoms. The second-order valence-corrected chi connectivity index (χ2v) is 16.8. The molecule has 0 bridgehead atoms. The van der Waals surface area contributed by atoms with Gasteiger partial charge in [0.15, 0.2) is 0 Å². The normalized spacial score (nSPS) is 8.11. The minimum atomic E-state index is 0. The standard InChI is InChI=1S/4C16H16N2O2.6CN.6Mn.2H2N.6Re.8HTe/c4*19-15-7-3-1-5-13(15)11-17-9-10-18-12-14-6-2-4-8-16(14)20;6*1-2;;;;;;;;;;;;;;;;;;;;;;/h4*1-8,11-12,19-20H,9-10H2;;;;;;;;;;;;;2*1H2;;;;;;;8*1H/q;;;;6*-1;;;;;;;2*-1;;;;;;;;;;;;;;. The third kappa shape index (κ3) is 89.5. The summed E-state index contributed by atoms with van der Waals surface area (Å²) >= 11 is 0. The van der Waals surface area contributed by atoms with E-state index in [9.17, 15) is 40.9 Å². The van der Waals surface area contributed by atoms with Crippen molar-refractivity contribution >= 4 is 239 Å². The molecule has 624 valence electrons. The fourth-order valence-corrected chi connectivity index (χ4v) is 6.54. The van der Waals surface area contributed by atoms with Crippen LogP contribution in [0.3, 0.4) is 0 Å². The Bertz CT molecular complexity index is 3100. The van der Waals surface area contributed by atoms with Crippen LogP contribution in [-0.4, -0.2) is 332 Å². The molecule has 0 fully saturated rings. The van der Waals surface area contributed by atoms with E-state index in [1.807, 2.05) is 48.5 Å². The molecule has 0 aromatic heterocycles. The average molecular weight is 3740 g/mol. The van der Waals surface area contributed by atoms with Gasteiger partial charge in [-0.05, 0) is 97.1 Å². The number of phenols is 8. The number of rotatable bonds is 20. The molecule has 12 N–H and O–H groups in total. The summed E-state index contributed by atoms with van der Waals surface area (Å²) in [6, 6.07) is 56.2. The van der Waals surface area contributed by atoms with Crippen LogP contribution in [0.4, 0.5) is 0 Å². The van der Waals surface area contributed by atoms with Crippen molar-refractivity contribution in [3.63, 3.8) is 0 Å². The molecule has 20 radical (unpaired) electrons. The molecule has 8 aromatic rings. The van der Waals surface area contributed by atoms with E-state index in [1.54, 1.807) is 195 Å². The first-order chi connectivity index (χ1) is 45.1. The number of hydrogen-bond acceptors (Lipinski definition) is 22. The van der Waals surface area contributed by atoms with E-state index in [0.29, 0.717) is 96.9 Å². The third-order valence-electron chi connectivity index (χ3n) is 10.8. The van der Waals surface area contributed by atoms with Gasteiger partial charge < -0.3 is 124 Å². The monoisotopic (exact) mass is 3760 g/mol. The van der Waals surface area contributed by atoms with Crippen molar-refractivity contribution in [3.05, 3.63) is 290 Å². The van der Waals surface area contributed by atoms with Gasteiger partial charge >= 0.3 is 189 Å². The van der Waals surface area contributed by atoms with Crippen molar-refractivity contribution in [2.24, 2.45) is 39.9 Å². The quantitative estimate of drug-likeness (QED) is 0.0160. The van der Waals surface area contributed by atoms with E-state index in [4.69, 9.17) is 71.0 Å². The maximum absolute atomic E-state index is 9.54. The topological polar surface area (TPSA) is 470 Å². The van der Waals surface area contributed by atoms with Crippen LogP contribution in [0, 0.1) is 71.0 Å². The first kappa shape index (κ1) is 180. The first-order valence-electron chi connectivity index (χ1n) is 26.7. The molecule has 0 saturated heterocycles. The number of nitrogens with two attached hydrogens (primary N) is 2. The number of phenolic OH excluding ortho intramolecular Hbond substituents is 8. The fraction of sp³-hybridized carbons (Fsp3) is 0.114. The van der Waals surface area contributed by atoms with E-state index in [0.717, 1.165) is 0 Å². The van der Waals surface area contributed by atoms with Crippen molar-refractivity contribution in [1.29, 1.82) is 31.6 Å². The molecule has 0 aliphatic rings. The van der Waals surface area contributed by atoms with Gasteiger partial charge in [-0.15, -0.1) is 0 Å². The minimum absolute atomic E-state index is 0. The summed E-state index contributed by atoms with van der Waals surface area (Å²) in [5.41, 5.74) is 5.53. The first-order valence-corrected chi connectivity index (χ1v) is 26.7. The van der Waals surface area contributed by atoms with Crippen LogP contribution in [-0.2, 0) is 225 Å². The zero-order chi connectivity index (χ0) is 68.8. The van der Waals surface area contributed by atoms with Crippen molar-refractivity contribution in [1.82, 2.24) is 0 Å². The molecule has 8 aromatic carbocycles. The van der Waals surface area contributed by atoms with Crippen LogP contribution in [0.5, 0.6) is 46.0 Å². The summed E-state index contributed by atoms with van der Waals surface area (Å²) in [6.45, 7) is 32.7. The van der Waals surface area contributed by atoms with Gasteiger partial charge in [0.2, 0.25) is 0 Å². The summed E-state index contributed by atoms with van der Waals surface area (Å²) in [6.07, 6.45) is 13.0. The SMILES string of the molecule is Oc1ccccc1C=NCCN=Cc1ccccc1O.Oc1ccccc1C=NCCN=Cc1ccccc1O.Oc1ccccc1C=NCCN=Cc1ccccc1O.Oc1ccccc1C=NCCN=Cc1ccccc1O.[C-]#N.[C-]#N.[C-]#N.[C-]#N.[C-]#N.[C-]#N.[Mn].[Mn].[Mn].[Mn].[Mn].[Mn].[NH2-].[NH2-].[Re].[Re].[Re].[Re].[Re].[Re].[TeH].[TeH].[TeH].[TeH].[TeH].[TeH].[TeH].[TeH]. The Hall–Kier alpha value is -0.212. The summed E-state index contributed by atoms with van der Waals surface area (Å²) in [4.78, 5) is 33.6. The van der Waals surface area contributed by atoms with Crippen LogP contribution in [0.1, 0.15) is 44.5 Å². The van der Waals surface area contributed by atoms with Crippen molar-refractivity contribution in [2.75, 3.05) is 52.4 Å². The average Bonchev–Trinajstić information content (AvgIpc) is 0.940. The predicted molar refractivity (Wildman–Crippen MR) is 422 cm³/mol.